The molecule has 5 rings (SSSR count). The molecule has 0 unspecified atom stereocenters. The van der Waals surface area contributed by atoms with Crippen molar-refractivity contribution in [3.8, 4) is 17.2 Å². The molecule has 0 saturated carbocycles. The van der Waals surface area contributed by atoms with Crippen LogP contribution in [0.5, 0.6) is 11.5 Å². The zero-order valence-corrected chi connectivity index (χ0v) is 11.8. The number of halogens is 1. The minimum absolute atomic E-state index is 0.694. The van der Waals surface area contributed by atoms with Crippen molar-refractivity contribution in [2.75, 3.05) is 0 Å². The Bertz CT molecular complexity index is 1030. The predicted octanol–water partition coefficient (Wildman–Crippen LogP) is 5.54. The molecule has 0 atom stereocenters. The lowest BCUT2D eigenvalue weighted by Gasteiger charge is -2.20. The molecule has 100 valence electrons. The summed E-state index contributed by atoms with van der Waals surface area (Å²) in [5.41, 5.74) is 3.32. The Hall–Kier alpha value is -2.45. The van der Waals surface area contributed by atoms with Crippen LogP contribution in [0.25, 0.3) is 27.5 Å². The Balaban J connectivity index is 2.11. The molecule has 0 spiro atoms. The Morgan fingerprint density at radius 1 is 0.810 bits per heavy atom. The van der Waals surface area contributed by atoms with Crippen molar-refractivity contribution < 1.29 is 4.74 Å². The molecule has 0 N–H and O–H groups in total. The second-order valence-electron chi connectivity index (χ2n) is 5.22. The largest absolute Gasteiger partial charge is 0.453 e. The van der Waals surface area contributed by atoms with Crippen molar-refractivity contribution in [2.45, 2.75) is 0 Å². The third-order valence-corrected chi connectivity index (χ3v) is 4.24. The first-order valence-corrected chi connectivity index (χ1v) is 7.21. The van der Waals surface area contributed by atoms with Gasteiger partial charge in [-0.2, -0.15) is 0 Å². The zero-order valence-electron chi connectivity index (χ0n) is 11.0. The van der Waals surface area contributed by atoms with Gasteiger partial charge < -0.3 is 9.30 Å². The van der Waals surface area contributed by atoms with E-state index in [0.717, 1.165) is 28.1 Å². The molecule has 1 aliphatic rings. The van der Waals surface area contributed by atoms with Gasteiger partial charge in [-0.15, -0.1) is 0 Å². The Morgan fingerprint density at radius 2 is 1.62 bits per heavy atom. The monoisotopic (exact) mass is 291 g/mol. The number of hydrogen-bond donors (Lipinski definition) is 0. The van der Waals surface area contributed by atoms with Crippen LogP contribution in [-0.4, -0.2) is 4.57 Å². The molecule has 1 aromatic heterocycles. The van der Waals surface area contributed by atoms with E-state index in [9.17, 15) is 0 Å². The van der Waals surface area contributed by atoms with Crippen molar-refractivity contribution in [3.05, 3.63) is 65.7 Å². The number of benzene rings is 3. The number of nitrogens with zero attached hydrogens (tertiary/aromatic N) is 1. The quantitative estimate of drug-likeness (QED) is 0.365. The minimum Gasteiger partial charge on any atom is -0.453 e. The summed E-state index contributed by atoms with van der Waals surface area (Å²) in [6.45, 7) is 0. The van der Waals surface area contributed by atoms with Crippen LogP contribution in [0.15, 0.2) is 60.7 Å². The smallest absolute Gasteiger partial charge is 0.153 e. The van der Waals surface area contributed by atoms with Crippen LogP contribution in [0.3, 0.4) is 0 Å². The molecular formula is C18H10ClNO. The highest BCUT2D eigenvalue weighted by molar-refractivity contribution is 6.32. The van der Waals surface area contributed by atoms with Gasteiger partial charge in [-0.3, -0.25) is 0 Å². The number of rotatable bonds is 0. The van der Waals surface area contributed by atoms with Gasteiger partial charge in [0.1, 0.15) is 0 Å². The van der Waals surface area contributed by atoms with Gasteiger partial charge in [0.25, 0.3) is 0 Å². The second-order valence-corrected chi connectivity index (χ2v) is 5.66. The van der Waals surface area contributed by atoms with E-state index in [1.54, 1.807) is 0 Å². The standard InChI is InChI=1S/C18H10ClNO/c19-11-9-13-12-5-1-2-6-14(12)20-15-7-3-4-8-16(15)21-17(10-11)18(13)20/h1-10H. The normalized spacial score (nSPS) is 12.4. The SMILES string of the molecule is Clc1cc2c3c(c1)c1ccccc1n3-c1ccccc1O2. The number of fused-ring (bicyclic) bond motifs is 5. The molecule has 0 amide bonds. The number of para-hydroxylation sites is 3. The molecule has 1 aliphatic heterocycles. The maximum absolute atomic E-state index is 6.27. The summed E-state index contributed by atoms with van der Waals surface area (Å²) in [7, 11) is 0. The number of hydrogen-bond acceptors (Lipinski definition) is 1. The van der Waals surface area contributed by atoms with Crippen molar-refractivity contribution >= 4 is 33.4 Å². The summed E-state index contributed by atoms with van der Waals surface area (Å²) in [6.07, 6.45) is 0. The second kappa shape index (κ2) is 3.80. The summed E-state index contributed by atoms with van der Waals surface area (Å²) >= 11 is 6.27. The average molecular weight is 292 g/mol. The highest BCUT2D eigenvalue weighted by atomic mass is 35.5. The Kier molecular flexibility index (Phi) is 2.04. The van der Waals surface area contributed by atoms with E-state index in [0.29, 0.717) is 5.02 Å². The highest BCUT2D eigenvalue weighted by Crippen LogP contribution is 2.46. The van der Waals surface area contributed by atoms with Crippen LogP contribution in [0.1, 0.15) is 0 Å². The third-order valence-electron chi connectivity index (χ3n) is 4.02. The predicted molar refractivity (Wildman–Crippen MR) is 85.9 cm³/mol. The summed E-state index contributed by atoms with van der Waals surface area (Å²) in [6, 6.07) is 20.4. The first-order chi connectivity index (χ1) is 10.3. The van der Waals surface area contributed by atoms with Gasteiger partial charge in [-0.25, -0.2) is 0 Å². The molecule has 2 nitrogen and oxygen atoms in total. The molecule has 0 bridgehead atoms. The Labute approximate surface area is 126 Å². The molecule has 0 saturated heterocycles. The van der Waals surface area contributed by atoms with Crippen LogP contribution >= 0.6 is 11.6 Å². The zero-order chi connectivity index (χ0) is 14.0. The van der Waals surface area contributed by atoms with Gasteiger partial charge in [0, 0.05) is 21.9 Å². The topological polar surface area (TPSA) is 14.2 Å². The summed E-state index contributed by atoms with van der Waals surface area (Å²) in [4.78, 5) is 0. The van der Waals surface area contributed by atoms with Gasteiger partial charge in [0.15, 0.2) is 11.5 Å². The average Bonchev–Trinajstić information content (AvgIpc) is 2.84. The van der Waals surface area contributed by atoms with E-state index in [-0.39, 0.29) is 0 Å². The summed E-state index contributed by atoms with van der Waals surface area (Å²) in [5.74, 6) is 1.67. The molecule has 3 heteroatoms. The van der Waals surface area contributed by atoms with E-state index < -0.39 is 0 Å². The van der Waals surface area contributed by atoms with E-state index in [1.165, 1.54) is 10.9 Å². The number of ether oxygens (including phenoxy) is 1. The van der Waals surface area contributed by atoms with Crippen molar-refractivity contribution in [1.29, 1.82) is 0 Å². The van der Waals surface area contributed by atoms with Gasteiger partial charge in [-0.05, 0) is 24.3 Å². The molecular weight excluding hydrogens is 282 g/mol. The van der Waals surface area contributed by atoms with E-state index >= 15 is 0 Å². The molecule has 21 heavy (non-hydrogen) atoms. The van der Waals surface area contributed by atoms with Crippen LogP contribution in [-0.2, 0) is 0 Å². The third kappa shape index (κ3) is 1.38. The van der Waals surface area contributed by atoms with Crippen LogP contribution < -0.4 is 4.74 Å². The fourth-order valence-corrected chi connectivity index (χ4v) is 3.41. The van der Waals surface area contributed by atoms with E-state index in [4.69, 9.17) is 16.3 Å². The maximum Gasteiger partial charge on any atom is 0.153 e. The lowest BCUT2D eigenvalue weighted by atomic mass is 10.1. The fourth-order valence-electron chi connectivity index (χ4n) is 3.20. The molecule has 0 fully saturated rings. The molecule has 3 aromatic carbocycles. The Morgan fingerprint density at radius 3 is 2.57 bits per heavy atom. The summed E-state index contributed by atoms with van der Waals surface area (Å²) in [5, 5.41) is 3.01. The lowest BCUT2D eigenvalue weighted by molar-refractivity contribution is 0.476. The van der Waals surface area contributed by atoms with Crippen molar-refractivity contribution in [1.82, 2.24) is 4.57 Å². The van der Waals surface area contributed by atoms with E-state index in [2.05, 4.69) is 34.9 Å². The molecule has 0 aliphatic carbocycles. The minimum atomic E-state index is 0.694. The van der Waals surface area contributed by atoms with Gasteiger partial charge in [0.2, 0.25) is 0 Å². The lowest BCUT2D eigenvalue weighted by Crippen LogP contribution is -2.03. The highest BCUT2D eigenvalue weighted by Gasteiger charge is 2.23. The fraction of sp³-hybridized carbons (Fsp3) is 0. The van der Waals surface area contributed by atoms with Crippen molar-refractivity contribution in [2.24, 2.45) is 0 Å². The first-order valence-electron chi connectivity index (χ1n) is 6.83. The maximum atomic E-state index is 6.27. The number of aromatic nitrogens is 1. The van der Waals surface area contributed by atoms with Crippen LogP contribution in [0, 0.1) is 0 Å². The summed E-state index contributed by atoms with van der Waals surface area (Å²) < 4.78 is 8.31. The van der Waals surface area contributed by atoms with Crippen LogP contribution in [0.4, 0.5) is 0 Å². The first kappa shape index (κ1) is 11.2. The molecule has 4 aromatic rings. The van der Waals surface area contributed by atoms with Crippen molar-refractivity contribution in [3.63, 3.8) is 0 Å². The van der Waals surface area contributed by atoms with Crippen LogP contribution in [0.2, 0.25) is 5.02 Å². The molecule has 0 radical (unpaired) electrons. The molecule has 2 heterocycles. The van der Waals surface area contributed by atoms with E-state index in [1.807, 2.05) is 30.3 Å². The van der Waals surface area contributed by atoms with Gasteiger partial charge >= 0.3 is 0 Å². The van der Waals surface area contributed by atoms with Gasteiger partial charge in [-0.1, -0.05) is 41.9 Å². The van der Waals surface area contributed by atoms with Gasteiger partial charge in [0.05, 0.1) is 16.7 Å².